The second kappa shape index (κ2) is 9.31. The van der Waals surface area contributed by atoms with Crippen molar-refractivity contribution in [3.63, 3.8) is 0 Å². The van der Waals surface area contributed by atoms with Crippen LogP contribution in [0, 0.1) is 0 Å². The summed E-state index contributed by atoms with van der Waals surface area (Å²) in [5, 5.41) is 21.1. The van der Waals surface area contributed by atoms with E-state index in [4.69, 9.17) is 19.3 Å². The minimum Gasteiger partial charge on any atom is -0.493 e. The van der Waals surface area contributed by atoms with Crippen LogP contribution in [-0.2, 0) is 9.53 Å². The summed E-state index contributed by atoms with van der Waals surface area (Å²) in [4.78, 5) is 13.8. The van der Waals surface area contributed by atoms with Gasteiger partial charge in [0.25, 0.3) is 5.91 Å². The number of aliphatic hydroxyl groups excluding tert-OH is 2. The monoisotopic (exact) mass is 340 g/mol. The van der Waals surface area contributed by atoms with Crippen LogP contribution in [0.4, 0.5) is 5.69 Å². The smallest absolute Gasteiger partial charge is 0.260 e. The molecule has 1 fully saturated rings. The molecule has 0 aliphatic carbocycles. The van der Waals surface area contributed by atoms with Crippen LogP contribution in [0.15, 0.2) is 18.2 Å². The van der Waals surface area contributed by atoms with Gasteiger partial charge < -0.3 is 34.6 Å². The van der Waals surface area contributed by atoms with E-state index in [0.29, 0.717) is 43.5 Å². The van der Waals surface area contributed by atoms with Crippen molar-refractivity contribution in [1.29, 1.82) is 0 Å². The predicted octanol–water partition coefficient (Wildman–Crippen LogP) is -0.302. The molecule has 1 aliphatic rings. The minimum atomic E-state index is -0.835. The van der Waals surface area contributed by atoms with Gasteiger partial charge in [-0.3, -0.25) is 4.79 Å². The fourth-order valence-corrected chi connectivity index (χ4v) is 2.24. The molecule has 1 heterocycles. The number of carbonyl (C=O) groups excluding carboxylic acids is 1. The first-order chi connectivity index (χ1) is 11.6. The molecule has 1 unspecified atom stereocenters. The maximum Gasteiger partial charge on any atom is 0.260 e. The number of anilines is 1. The number of benzene rings is 1. The van der Waals surface area contributed by atoms with Crippen molar-refractivity contribution < 1.29 is 29.2 Å². The molecule has 1 amide bonds. The summed E-state index contributed by atoms with van der Waals surface area (Å²) in [5.41, 5.74) is 0.714. The van der Waals surface area contributed by atoms with Crippen molar-refractivity contribution in [1.82, 2.24) is 4.90 Å². The van der Waals surface area contributed by atoms with Gasteiger partial charge in [-0.05, 0) is 12.1 Å². The first kappa shape index (κ1) is 18.3. The third-order valence-corrected chi connectivity index (χ3v) is 3.63. The number of nitrogens with one attached hydrogen (secondary N) is 1. The lowest BCUT2D eigenvalue weighted by atomic mass is 10.2. The highest BCUT2D eigenvalue weighted by molar-refractivity contribution is 5.78. The quantitative estimate of drug-likeness (QED) is 0.597. The first-order valence-electron chi connectivity index (χ1n) is 7.83. The number of nitrogens with zero attached hydrogens (tertiary/aromatic N) is 1. The summed E-state index contributed by atoms with van der Waals surface area (Å²) in [7, 11) is 1.51. The topological polar surface area (TPSA) is 100 Å². The van der Waals surface area contributed by atoms with Crippen molar-refractivity contribution >= 4 is 11.6 Å². The number of ether oxygens (including phenoxy) is 3. The molecule has 0 saturated carbocycles. The Kier molecular flexibility index (Phi) is 7.10. The zero-order valence-corrected chi connectivity index (χ0v) is 13.7. The predicted molar refractivity (Wildman–Crippen MR) is 87.5 cm³/mol. The number of aliphatic hydroxyl groups is 2. The molecule has 0 radical (unpaired) electrons. The fourth-order valence-electron chi connectivity index (χ4n) is 2.24. The maximum absolute atomic E-state index is 12.1. The molecular weight excluding hydrogens is 316 g/mol. The Morgan fingerprint density at radius 3 is 2.79 bits per heavy atom. The Balaban J connectivity index is 1.90. The van der Waals surface area contributed by atoms with Crippen molar-refractivity contribution in [2.75, 3.05) is 58.5 Å². The molecule has 0 aromatic heterocycles. The number of amides is 1. The highest BCUT2D eigenvalue weighted by Crippen LogP contribution is 2.30. The summed E-state index contributed by atoms with van der Waals surface area (Å²) in [6, 6.07) is 5.15. The SMILES string of the molecule is COc1cc(NCC(O)CO)ccc1OCC(=O)N1CCOCC1. The Morgan fingerprint density at radius 1 is 1.38 bits per heavy atom. The zero-order valence-electron chi connectivity index (χ0n) is 13.7. The summed E-state index contributed by atoms with van der Waals surface area (Å²) in [6.45, 7) is 2.10. The van der Waals surface area contributed by atoms with Crippen LogP contribution >= 0.6 is 0 Å². The second-order valence-corrected chi connectivity index (χ2v) is 5.36. The van der Waals surface area contributed by atoms with E-state index in [1.165, 1.54) is 7.11 Å². The summed E-state index contributed by atoms with van der Waals surface area (Å²) < 4.78 is 16.1. The molecule has 24 heavy (non-hydrogen) atoms. The maximum atomic E-state index is 12.1. The molecule has 0 spiro atoms. The van der Waals surface area contributed by atoms with Gasteiger partial charge in [-0.2, -0.15) is 0 Å². The largest absolute Gasteiger partial charge is 0.493 e. The van der Waals surface area contributed by atoms with Crippen LogP contribution < -0.4 is 14.8 Å². The highest BCUT2D eigenvalue weighted by atomic mass is 16.5. The summed E-state index contributed by atoms with van der Waals surface area (Å²) >= 11 is 0. The molecule has 1 atom stereocenters. The van der Waals surface area contributed by atoms with E-state index in [1.807, 2.05) is 0 Å². The molecule has 1 aliphatic heterocycles. The van der Waals surface area contributed by atoms with E-state index in [2.05, 4.69) is 5.32 Å². The van der Waals surface area contributed by atoms with E-state index in [1.54, 1.807) is 23.1 Å². The van der Waals surface area contributed by atoms with E-state index in [0.717, 1.165) is 0 Å². The summed E-state index contributed by atoms with van der Waals surface area (Å²) in [6.07, 6.45) is -0.835. The molecule has 1 aromatic rings. The molecule has 1 aromatic carbocycles. The van der Waals surface area contributed by atoms with Crippen LogP contribution in [0.3, 0.4) is 0 Å². The average Bonchev–Trinajstić information content (AvgIpc) is 2.64. The van der Waals surface area contributed by atoms with Gasteiger partial charge in [0.1, 0.15) is 0 Å². The lowest BCUT2D eigenvalue weighted by Gasteiger charge is -2.26. The van der Waals surface area contributed by atoms with Crippen molar-refractivity contribution in [2.45, 2.75) is 6.10 Å². The van der Waals surface area contributed by atoms with Gasteiger partial charge in [-0.25, -0.2) is 0 Å². The van der Waals surface area contributed by atoms with Crippen molar-refractivity contribution in [3.8, 4) is 11.5 Å². The lowest BCUT2D eigenvalue weighted by Crippen LogP contribution is -2.43. The normalized spacial score (nSPS) is 15.7. The van der Waals surface area contributed by atoms with E-state index < -0.39 is 6.10 Å². The molecular formula is C16H24N2O6. The molecule has 3 N–H and O–H groups in total. The van der Waals surface area contributed by atoms with Gasteiger partial charge in [-0.15, -0.1) is 0 Å². The van der Waals surface area contributed by atoms with E-state index in [-0.39, 0.29) is 25.7 Å². The number of carbonyl (C=O) groups is 1. The standard InChI is InChI=1S/C16H24N2O6/c1-22-15-8-12(17-9-13(20)10-19)2-3-14(15)24-11-16(21)18-4-6-23-7-5-18/h2-3,8,13,17,19-20H,4-7,9-11H2,1H3. The highest BCUT2D eigenvalue weighted by Gasteiger charge is 2.18. The molecule has 0 bridgehead atoms. The van der Waals surface area contributed by atoms with Crippen LogP contribution in [0.2, 0.25) is 0 Å². The summed E-state index contributed by atoms with van der Waals surface area (Å²) in [5.74, 6) is 0.856. The van der Waals surface area contributed by atoms with Crippen LogP contribution in [0.25, 0.3) is 0 Å². The minimum absolute atomic E-state index is 0.0631. The Morgan fingerprint density at radius 2 is 2.12 bits per heavy atom. The van der Waals surface area contributed by atoms with Gasteiger partial charge in [0.2, 0.25) is 0 Å². The number of rotatable bonds is 8. The number of hydrogen-bond acceptors (Lipinski definition) is 7. The average molecular weight is 340 g/mol. The molecule has 8 nitrogen and oxygen atoms in total. The van der Waals surface area contributed by atoms with Crippen LogP contribution in [0.5, 0.6) is 11.5 Å². The number of morpholine rings is 1. The van der Waals surface area contributed by atoms with Gasteiger partial charge in [0, 0.05) is 31.4 Å². The third kappa shape index (κ3) is 5.26. The third-order valence-electron chi connectivity index (χ3n) is 3.63. The Labute approximate surface area is 140 Å². The van der Waals surface area contributed by atoms with Gasteiger partial charge in [-0.1, -0.05) is 0 Å². The van der Waals surface area contributed by atoms with Gasteiger partial charge in [0.15, 0.2) is 18.1 Å². The number of methoxy groups -OCH3 is 1. The molecule has 134 valence electrons. The van der Waals surface area contributed by atoms with E-state index in [9.17, 15) is 9.90 Å². The van der Waals surface area contributed by atoms with Gasteiger partial charge in [0.05, 0.1) is 33.0 Å². The second-order valence-electron chi connectivity index (χ2n) is 5.36. The molecule has 1 saturated heterocycles. The van der Waals surface area contributed by atoms with Crippen LogP contribution in [-0.4, -0.2) is 80.3 Å². The zero-order chi connectivity index (χ0) is 17.4. The van der Waals surface area contributed by atoms with Crippen molar-refractivity contribution in [3.05, 3.63) is 18.2 Å². The van der Waals surface area contributed by atoms with Crippen LogP contribution in [0.1, 0.15) is 0 Å². The molecule has 8 heteroatoms. The first-order valence-corrected chi connectivity index (χ1v) is 7.83. The molecule has 2 rings (SSSR count). The van der Waals surface area contributed by atoms with Crippen molar-refractivity contribution in [2.24, 2.45) is 0 Å². The fraction of sp³-hybridized carbons (Fsp3) is 0.562. The van der Waals surface area contributed by atoms with E-state index >= 15 is 0 Å². The lowest BCUT2D eigenvalue weighted by molar-refractivity contribution is -0.137. The Hall–Kier alpha value is -2.03. The number of hydrogen-bond donors (Lipinski definition) is 3. The Bertz CT molecular complexity index is 533. The van der Waals surface area contributed by atoms with Gasteiger partial charge >= 0.3 is 0 Å².